The van der Waals surface area contributed by atoms with Crippen LogP contribution in [-0.4, -0.2) is 9.78 Å². The summed E-state index contributed by atoms with van der Waals surface area (Å²) in [5, 5.41) is 4.11. The van der Waals surface area contributed by atoms with Gasteiger partial charge in [0.2, 0.25) is 0 Å². The van der Waals surface area contributed by atoms with Crippen LogP contribution in [0, 0.1) is 0 Å². The molecule has 4 heteroatoms. The van der Waals surface area contributed by atoms with Crippen molar-refractivity contribution in [1.29, 1.82) is 0 Å². The Labute approximate surface area is 88.7 Å². The number of hydrogen-bond donors (Lipinski definition) is 1. The van der Waals surface area contributed by atoms with Crippen LogP contribution in [0.1, 0.15) is 23.7 Å². The zero-order valence-electron chi connectivity index (χ0n) is 8.76. The molecule has 0 aliphatic carbocycles. The van der Waals surface area contributed by atoms with Gasteiger partial charge in [0.25, 0.3) is 0 Å². The lowest BCUT2D eigenvalue weighted by Crippen LogP contribution is -2.11. The Morgan fingerprint density at radius 2 is 2.40 bits per heavy atom. The van der Waals surface area contributed by atoms with E-state index in [1.807, 2.05) is 23.9 Å². The third-order valence-corrected chi connectivity index (χ3v) is 2.61. The maximum atomic E-state index is 6.02. The lowest BCUT2D eigenvalue weighted by Gasteiger charge is -2.08. The number of nitrogens with zero attached hydrogens (tertiary/aromatic N) is 2. The second-order valence-corrected chi connectivity index (χ2v) is 3.65. The van der Waals surface area contributed by atoms with Gasteiger partial charge in [-0.3, -0.25) is 4.68 Å². The zero-order chi connectivity index (χ0) is 10.7. The molecule has 0 fully saturated rings. The van der Waals surface area contributed by atoms with E-state index in [9.17, 15) is 0 Å². The summed E-state index contributed by atoms with van der Waals surface area (Å²) in [5.41, 5.74) is 8.27. The Morgan fingerprint density at radius 3 is 3.00 bits per heavy atom. The van der Waals surface area contributed by atoms with Crippen LogP contribution in [-0.2, 0) is 13.5 Å². The highest BCUT2D eigenvalue weighted by Crippen LogP contribution is 2.16. The summed E-state index contributed by atoms with van der Waals surface area (Å²) in [5.74, 6) is 0. The van der Waals surface area contributed by atoms with E-state index in [0.717, 1.165) is 18.4 Å². The lowest BCUT2D eigenvalue weighted by molar-refractivity contribution is 0.552. The van der Waals surface area contributed by atoms with Crippen LogP contribution in [0.3, 0.4) is 0 Å². The fourth-order valence-electron chi connectivity index (χ4n) is 1.60. The Bertz CT molecular complexity index is 405. The highest BCUT2D eigenvalue weighted by Gasteiger charge is 2.08. The molecule has 80 valence electrons. The molecule has 0 aromatic carbocycles. The van der Waals surface area contributed by atoms with Crippen molar-refractivity contribution in [3.8, 4) is 0 Å². The van der Waals surface area contributed by atoms with Gasteiger partial charge in [0.05, 0.1) is 12.5 Å². The molecule has 1 unspecified atom stereocenters. The summed E-state index contributed by atoms with van der Waals surface area (Å²) in [6.45, 7) is 0. The second kappa shape index (κ2) is 4.31. The Balaban J connectivity index is 1.91. The van der Waals surface area contributed by atoms with Gasteiger partial charge in [-0.2, -0.15) is 5.10 Å². The molecule has 0 radical (unpaired) electrons. The molecule has 0 spiro atoms. The van der Waals surface area contributed by atoms with Crippen LogP contribution in [0.25, 0.3) is 0 Å². The lowest BCUT2D eigenvalue weighted by atomic mass is 10.1. The van der Waals surface area contributed by atoms with Crippen molar-refractivity contribution in [2.75, 3.05) is 0 Å². The first-order valence-electron chi connectivity index (χ1n) is 5.02. The van der Waals surface area contributed by atoms with E-state index in [4.69, 9.17) is 10.2 Å². The van der Waals surface area contributed by atoms with Crippen molar-refractivity contribution in [1.82, 2.24) is 9.78 Å². The van der Waals surface area contributed by atoms with Crippen LogP contribution in [0.5, 0.6) is 0 Å². The first-order valence-corrected chi connectivity index (χ1v) is 5.02. The summed E-state index contributed by atoms with van der Waals surface area (Å²) >= 11 is 0. The molecule has 2 heterocycles. The number of aromatic nitrogens is 2. The number of hydrogen-bond acceptors (Lipinski definition) is 3. The quantitative estimate of drug-likeness (QED) is 0.825. The summed E-state index contributed by atoms with van der Waals surface area (Å²) < 4.78 is 6.88. The molecule has 0 amide bonds. The molecule has 2 N–H and O–H groups in total. The molecule has 0 bridgehead atoms. The third kappa shape index (κ3) is 2.27. The third-order valence-electron chi connectivity index (χ3n) is 2.61. The van der Waals surface area contributed by atoms with Crippen molar-refractivity contribution in [3.05, 3.63) is 42.1 Å². The van der Waals surface area contributed by atoms with Crippen molar-refractivity contribution in [2.45, 2.75) is 18.9 Å². The van der Waals surface area contributed by atoms with E-state index in [1.165, 1.54) is 5.69 Å². The molecule has 1 atom stereocenters. The largest absolute Gasteiger partial charge is 0.472 e. The summed E-state index contributed by atoms with van der Waals surface area (Å²) in [6, 6.07) is 3.97. The van der Waals surface area contributed by atoms with Gasteiger partial charge >= 0.3 is 0 Å². The van der Waals surface area contributed by atoms with Gasteiger partial charge in [0, 0.05) is 30.5 Å². The van der Waals surface area contributed by atoms with E-state index < -0.39 is 0 Å². The first kappa shape index (κ1) is 9.98. The van der Waals surface area contributed by atoms with Gasteiger partial charge in [0.15, 0.2) is 0 Å². The summed E-state index contributed by atoms with van der Waals surface area (Å²) in [7, 11) is 1.94. The molecule has 0 aliphatic heterocycles. The molecular formula is C11H15N3O. The van der Waals surface area contributed by atoms with Crippen LogP contribution >= 0.6 is 0 Å². The molecular weight excluding hydrogens is 190 g/mol. The average Bonchev–Trinajstić information content (AvgIpc) is 2.85. The maximum Gasteiger partial charge on any atom is 0.0950 e. The van der Waals surface area contributed by atoms with E-state index in [1.54, 1.807) is 18.7 Å². The van der Waals surface area contributed by atoms with Gasteiger partial charge < -0.3 is 10.2 Å². The van der Waals surface area contributed by atoms with E-state index in [-0.39, 0.29) is 6.04 Å². The zero-order valence-corrected chi connectivity index (χ0v) is 8.76. The molecule has 0 aliphatic rings. The molecule has 4 nitrogen and oxygen atoms in total. The Morgan fingerprint density at radius 1 is 1.53 bits per heavy atom. The normalized spacial score (nSPS) is 12.9. The molecule has 0 saturated heterocycles. The maximum absolute atomic E-state index is 6.02. The van der Waals surface area contributed by atoms with Gasteiger partial charge in [-0.05, 0) is 25.0 Å². The van der Waals surface area contributed by atoms with E-state index >= 15 is 0 Å². The monoisotopic (exact) mass is 205 g/mol. The average molecular weight is 205 g/mol. The smallest absolute Gasteiger partial charge is 0.0950 e. The number of aryl methyl sites for hydroxylation is 2. The number of furan rings is 1. The highest BCUT2D eigenvalue weighted by atomic mass is 16.3. The fraction of sp³-hybridized carbons (Fsp3) is 0.364. The Kier molecular flexibility index (Phi) is 2.87. The van der Waals surface area contributed by atoms with Crippen molar-refractivity contribution >= 4 is 0 Å². The van der Waals surface area contributed by atoms with Crippen molar-refractivity contribution in [3.63, 3.8) is 0 Å². The van der Waals surface area contributed by atoms with Crippen LogP contribution in [0.2, 0.25) is 0 Å². The SMILES string of the molecule is Cn1nccc1CCC(N)c1ccoc1. The minimum absolute atomic E-state index is 0.0404. The van der Waals surface area contributed by atoms with E-state index in [0.29, 0.717) is 0 Å². The van der Waals surface area contributed by atoms with Gasteiger partial charge in [-0.25, -0.2) is 0 Å². The predicted molar refractivity (Wildman–Crippen MR) is 57.2 cm³/mol. The highest BCUT2D eigenvalue weighted by molar-refractivity contribution is 5.11. The molecule has 2 rings (SSSR count). The second-order valence-electron chi connectivity index (χ2n) is 3.65. The number of nitrogens with two attached hydrogens (primary N) is 1. The van der Waals surface area contributed by atoms with Gasteiger partial charge in [-0.15, -0.1) is 0 Å². The first-order chi connectivity index (χ1) is 7.27. The molecule has 2 aromatic rings. The minimum Gasteiger partial charge on any atom is -0.472 e. The number of rotatable bonds is 4. The van der Waals surface area contributed by atoms with Gasteiger partial charge in [-0.1, -0.05) is 0 Å². The topological polar surface area (TPSA) is 57.0 Å². The predicted octanol–water partition coefficient (Wildman–Crippen LogP) is 1.65. The summed E-state index contributed by atoms with van der Waals surface area (Å²) in [4.78, 5) is 0. The van der Waals surface area contributed by atoms with Gasteiger partial charge in [0.1, 0.15) is 0 Å². The fourth-order valence-corrected chi connectivity index (χ4v) is 1.60. The Hall–Kier alpha value is -1.55. The van der Waals surface area contributed by atoms with Crippen LogP contribution in [0.15, 0.2) is 35.3 Å². The standard InChI is InChI=1S/C11H15N3O/c1-14-10(4-6-13-14)2-3-11(12)9-5-7-15-8-9/h4-8,11H,2-3,12H2,1H3. The van der Waals surface area contributed by atoms with Crippen LogP contribution in [0.4, 0.5) is 0 Å². The van der Waals surface area contributed by atoms with E-state index in [2.05, 4.69) is 5.10 Å². The van der Waals surface area contributed by atoms with Crippen molar-refractivity contribution in [2.24, 2.45) is 12.8 Å². The minimum atomic E-state index is 0.0404. The molecule has 2 aromatic heterocycles. The van der Waals surface area contributed by atoms with Crippen LogP contribution < -0.4 is 5.73 Å². The molecule has 15 heavy (non-hydrogen) atoms. The summed E-state index contributed by atoms with van der Waals surface area (Å²) in [6.07, 6.45) is 6.99. The van der Waals surface area contributed by atoms with Crippen molar-refractivity contribution < 1.29 is 4.42 Å². The molecule has 0 saturated carbocycles.